The van der Waals surface area contributed by atoms with Crippen LogP contribution in [0.3, 0.4) is 0 Å². The van der Waals surface area contributed by atoms with E-state index >= 15 is 0 Å². The van der Waals surface area contributed by atoms with Crippen LogP contribution in [0.2, 0.25) is 0 Å². The zero-order chi connectivity index (χ0) is 29.8. The van der Waals surface area contributed by atoms with Crippen LogP contribution in [0.5, 0.6) is 11.5 Å². The molecule has 6 rings (SSSR count). The number of nitrogens with zero attached hydrogens (tertiary/aromatic N) is 1. The number of ether oxygens (including phenoxy) is 2. The van der Waals surface area contributed by atoms with E-state index < -0.39 is 16.5 Å². The summed E-state index contributed by atoms with van der Waals surface area (Å²) in [6.07, 6.45) is -1.98. The molecule has 3 heterocycles. The second-order valence-electron chi connectivity index (χ2n) is 10.6. The standard InChI is InChI=1S/C29H31F3N2O2.CH4O3S/c1-28(26(20-9-5-3-6-10-20)21-11-7-4-8-12-21)27(22-15-17-34(28)18-16-22)33-24-19-23(36-29(30,31)32)13-14-25(24)35-2;1-5(2,3)4/h3-14,19,22,26-27,33H,15-18H2,1-2H3;1H3,(H,2,3,4)/t27-,28-;/m0./s1. The Morgan fingerprint density at radius 2 is 1.49 bits per heavy atom. The molecule has 0 aromatic heterocycles. The third-order valence-electron chi connectivity index (χ3n) is 7.89. The molecule has 222 valence electrons. The van der Waals surface area contributed by atoms with Crippen molar-refractivity contribution in [1.82, 2.24) is 4.90 Å². The molecule has 0 unspecified atom stereocenters. The smallest absolute Gasteiger partial charge is 0.495 e. The van der Waals surface area contributed by atoms with Crippen LogP contribution in [0.4, 0.5) is 18.9 Å². The van der Waals surface area contributed by atoms with Gasteiger partial charge in [-0.15, -0.1) is 13.2 Å². The molecule has 2 N–H and O–H groups in total. The van der Waals surface area contributed by atoms with Crippen molar-refractivity contribution in [2.75, 3.05) is 31.8 Å². The second kappa shape index (κ2) is 12.3. The fraction of sp³-hybridized carbons (Fsp3) is 0.400. The van der Waals surface area contributed by atoms with Crippen molar-refractivity contribution in [1.29, 1.82) is 0 Å². The molecular formula is C30H35F3N2O5S. The van der Waals surface area contributed by atoms with Gasteiger partial charge in [0, 0.05) is 23.6 Å². The lowest BCUT2D eigenvalue weighted by atomic mass is 9.62. The average Bonchev–Trinajstić information content (AvgIpc) is 2.91. The molecule has 3 aliphatic rings. The van der Waals surface area contributed by atoms with E-state index in [1.54, 1.807) is 0 Å². The number of benzene rings is 3. The number of fused-ring (bicyclic) bond motifs is 3. The highest BCUT2D eigenvalue weighted by molar-refractivity contribution is 7.85. The number of rotatable bonds is 7. The highest BCUT2D eigenvalue weighted by Crippen LogP contribution is 2.51. The number of nitrogens with one attached hydrogen (secondary N) is 1. The molecule has 0 aliphatic carbocycles. The van der Waals surface area contributed by atoms with E-state index in [9.17, 15) is 21.6 Å². The van der Waals surface area contributed by atoms with E-state index in [1.165, 1.54) is 36.4 Å². The van der Waals surface area contributed by atoms with Gasteiger partial charge >= 0.3 is 6.36 Å². The minimum absolute atomic E-state index is 0.0274. The summed E-state index contributed by atoms with van der Waals surface area (Å²) in [7, 11) is -2.14. The molecule has 7 nitrogen and oxygen atoms in total. The quantitative estimate of drug-likeness (QED) is 0.316. The first-order chi connectivity index (χ1) is 19.3. The normalized spacial score (nSPS) is 23.9. The van der Waals surface area contributed by atoms with Gasteiger partial charge in [-0.05, 0) is 62.0 Å². The number of hydrogen-bond donors (Lipinski definition) is 2. The highest BCUT2D eigenvalue weighted by atomic mass is 32.2. The predicted molar refractivity (Wildman–Crippen MR) is 152 cm³/mol. The van der Waals surface area contributed by atoms with Gasteiger partial charge in [-0.25, -0.2) is 0 Å². The van der Waals surface area contributed by atoms with Gasteiger partial charge in [0.25, 0.3) is 10.1 Å². The maximum absolute atomic E-state index is 13.0. The van der Waals surface area contributed by atoms with Crippen molar-refractivity contribution in [2.24, 2.45) is 5.92 Å². The monoisotopic (exact) mass is 592 g/mol. The highest BCUT2D eigenvalue weighted by Gasteiger charge is 2.55. The van der Waals surface area contributed by atoms with Crippen LogP contribution < -0.4 is 14.8 Å². The summed E-state index contributed by atoms with van der Waals surface area (Å²) in [6.45, 7) is 4.27. The van der Waals surface area contributed by atoms with Crippen molar-refractivity contribution < 1.29 is 35.6 Å². The van der Waals surface area contributed by atoms with E-state index in [0.717, 1.165) is 25.9 Å². The fourth-order valence-electron chi connectivity index (χ4n) is 6.34. The van der Waals surface area contributed by atoms with E-state index in [-0.39, 0.29) is 23.2 Å². The second-order valence-corrected chi connectivity index (χ2v) is 12.0. The zero-order valence-corrected chi connectivity index (χ0v) is 24.0. The molecule has 3 aromatic rings. The van der Waals surface area contributed by atoms with Gasteiger partial charge in [-0.3, -0.25) is 9.45 Å². The molecular weight excluding hydrogens is 557 g/mol. The minimum atomic E-state index is -4.76. The molecule has 0 amide bonds. The van der Waals surface area contributed by atoms with Gasteiger partial charge in [-0.1, -0.05) is 60.7 Å². The molecule has 11 heteroatoms. The molecule has 0 spiro atoms. The summed E-state index contributed by atoms with van der Waals surface area (Å²) < 4.78 is 74.5. The minimum Gasteiger partial charge on any atom is -0.495 e. The van der Waals surface area contributed by atoms with Crippen LogP contribution >= 0.6 is 0 Å². The van der Waals surface area contributed by atoms with E-state index in [4.69, 9.17) is 9.29 Å². The summed E-state index contributed by atoms with van der Waals surface area (Å²) in [5.41, 5.74) is 2.60. The summed E-state index contributed by atoms with van der Waals surface area (Å²) in [5.74, 6) is 0.642. The molecule has 41 heavy (non-hydrogen) atoms. The number of halogens is 3. The molecule has 3 aromatic carbocycles. The number of methoxy groups -OCH3 is 1. The number of piperidine rings is 3. The van der Waals surface area contributed by atoms with Crippen LogP contribution in [-0.2, 0) is 10.1 Å². The Kier molecular flexibility index (Phi) is 9.20. The Morgan fingerprint density at radius 3 is 1.95 bits per heavy atom. The zero-order valence-electron chi connectivity index (χ0n) is 23.1. The topological polar surface area (TPSA) is 88.1 Å². The molecule has 2 atom stereocenters. The first-order valence-electron chi connectivity index (χ1n) is 13.3. The predicted octanol–water partition coefficient (Wildman–Crippen LogP) is 6.19. The number of alkyl halides is 3. The van der Waals surface area contributed by atoms with E-state index in [0.29, 0.717) is 23.6 Å². The molecule has 3 aliphatic heterocycles. The van der Waals surface area contributed by atoms with Gasteiger partial charge in [0.15, 0.2) is 0 Å². The number of anilines is 1. The molecule has 3 saturated heterocycles. The van der Waals surface area contributed by atoms with Crippen molar-refractivity contribution in [3.05, 3.63) is 90.0 Å². The third-order valence-corrected chi connectivity index (χ3v) is 7.89. The van der Waals surface area contributed by atoms with Gasteiger partial charge in [-0.2, -0.15) is 8.42 Å². The largest absolute Gasteiger partial charge is 0.573 e. The summed E-state index contributed by atoms with van der Waals surface area (Å²) in [6, 6.07) is 25.1. The third kappa shape index (κ3) is 7.52. The Bertz CT molecular complexity index is 1350. The van der Waals surface area contributed by atoms with Crippen molar-refractivity contribution in [2.45, 2.75) is 43.6 Å². The van der Waals surface area contributed by atoms with Gasteiger partial charge in [0.2, 0.25) is 0 Å². The summed E-state index contributed by atoms with van der Waals surface area (Å²) >= 11 is 0. The lowest BCUT2D eigenvalue weighted by Gasteiger charge is -2.61. The fourth-order valence-corrected chi connectivity index (χ4v) is 6.34. The van der Waals surface area contributed by atoms with E-state index in [1.807, 2.05) is 12.1 Å². The average molecular weight is 593 g/mol. The number of hydrogen-bond acceptors (Lipinski definition) is 6. The summed E-state index contributed by atoms with van der Waals surface area (Å²) in [5, 5.41) is 3.65. The van der Waals surface area contributed by atoms with Crippen LogP contribution in [0.15, 0.2) is 78.9 Å². The lowest BCUT2D eigenvalue weighted by Crippen LogP contribution is -2.70. The summed E-state index contributed by atoms with van der Waals surface area (Å²) in [4.78, 5) is 2.55. The van der Waals surface area contributed by atoms with E-state index in [2.05, 4.69) is 70.4 Å². The van der Waals surface area contributed by atoms with Crippen LogP contribution in [0.1, 0.15) is 36.8 Å². The first kappa shape index (κ1) is 30.7. The molecule has 3 fully saturated rings. The van der Waals surface area contributed by atoms with Gasteiger partial charge in [0.1, 0.15) is 11.5 Å². The molecule has 0 saturated carbocycles. The Morgan fingerprint density at radius 1 is 0.976 bits per heavy atom. The van der Waals surface area contributed by atoms with Crippen LogP contribution in [0.25, 0.3) is 0 Å². The SMILES string of the molecule is COc1ccc(OC(F)(F)F)cc1N[C@H]1C2CCN(CC2)[C@@]1(C)C(c1ccccc1)c1ccccc1.CS(=O)(=O)O. The Balaban J connectivity index is 0.000000714. The molecule has 0 radical (unpaired) electrons. The maximum atomic E-state index is 13.0. The van der Waals surface area contributed by atoms with Crippen molar-refractivity contribution in [3.8, 4) is 11.5 Å². The van der Waals surface area contributed by atoms with Crippen LogP contribution in [0, 0.1) is 5.92 Å². The lowest BCUT2D eigenvalue weighted by molar-refractivity contribution is -0.274. The van der Waals surface area contributed by atoms with Crippen molar-refractivity contribution >= 4 is 15.8 Å². The Hall–Kier alpha value is -3.28. The Labute approximate surface area is 239 Å². The maximum Gasteiger partial charge on any atom is 0.573 e. The first-order valence-corrected chi connectivity index (χ1v) is 15.1. The van der Waals surface area contributed by atoms with Crippen molar-refractivity contribution in [3.63, 3.8) is 0 Å². The van der Waals surface area contributed by atoms with Crippen LogP contribution in [-0.4, -0.2) is 62.3 Å². The van der Waals surface area contributed by atoms with Gasteiger partial charge < -0.3 is 14.8 Å². The van der Waals surface area contributed by atoms with Gasteiger partial charge in [0.05, 0.1) is 19.1 Å². The molecule has 2 bridgehead atoms.